The van der Waals surface area contributed by atoms with E-state index >= 15 is 0 Å². The topological polar surface area (TPSA) is 46.6 Å². The van der Waals surface area contributed by atoms with Crippen molar-refractivity contribution in [3.8, 4) is 0 Å². The number of amides is 2. The number of hydrogen-bond acceptors (Lipinski definition) is 3. The van der Waals surface area contributed by atoms with E-state index in [0.29, 0.717) is 12.0 Å². The SMILES string of the molecule is Cc1cc([C@H]2OC(=O)N(C(=O)CCc3cccc4ccccc34)[C@H]2C)cc(C(F)(F)F)c1. The van der Waals surface area contributed by atoms with E-state index in [9.17, 15) is 22.8 Å². The minimum absolute atomic E-state index is 0.0851. The van der Waals surface area contributed by atoms with Crippen LogP contribution in [0, 0.1) is 6.92 Å². The lowest BCUT2D eigenvalue weighted by Crippen LogP contribution is -2.37. The van der Waals surface area contributed by atoms with Crippen molar-refractivity contribution in [3.05, 3.63) is 82.9 Å². The number of rotatable bonds is 4. The van der Waals surface area contributed by atoms with Crippen LogP contribution in [0.2, 0.25) is 0 Å². The Hall–Kier alpha value is -3.35. The van der Waals surface area contributed by atoms with E-state index in [2.05, 4.69) is 0 Å². The zero-order valence-corrected chi connectivity index (χ0v) is 17.6. The molecule has 1 heterocycles. The summed E-state index contributed by atoms with van der Waals surface area (Å²) in [5.41, 5.74) is 0.805. The number of fused-ring (bicyclic) bond motifs is 1. The van der Waals surface area contributed by atoms with Crippen LogP contribution >= 0.6 is 0 Å². The first-order valence-electron chi connectivity index (χ1n) is 10.3. The number of alkyl halides is 3. The Bertz CT molecular complexity index is 1180. The van der Waals surface area contributed by atoms with Gasteiger partial charge >= 0.3 is 12.3 Å². The highest BCUT2D eigenvalue weighted by Gasteiger charge is 2.44. The standard InChI is InChI=1S/C25H22F3NO3/c1-15-12-19(14-20(13-15)25(26,27)28)23-16(2)29(24(31)32-23)22(30)11-10-18-8-5-7-17-6-3-4-9-21(17)18/h3-9,12-14,16,23H,10-11H2,1-2H3/t16-,23-/m0/s1. The summed E-state index contributed by atoms with van der Waals surface area (Å²) in [6.45, 7) is 3.16. The van der Waals surface area contributed by atoms with E-state index in [1.807, 2.05) is 42.5 Å². The van der Waals surface area contributed by atoms with Crippen LogP contribution in [0.5, 0.6) is 0 Å². The minimum atomic E-state index is -4.51. The second kappa shape index (κ2) is 8.30. The molecule has 0 aliphatic carbocycles. The van der Waals surface area contributed by atoms with E-state index in [1.54, 1.807) is 19.9 Å². The molecule has 32 heavy (non-hydrogen) atoms. The van der Waals surface area contributed by atoms with Gasteiger partial charge in [-0.1, -0.05) is 54.1 Å². The molecule has 0 N–H and O–H groups in total. The average Bonchev–Trinajstić information content (AvgIpc) is 3.05. The quantitative estimate of drug-likeness (QED) is 0.484. The molecule has 4 nitrogen and oxygen atoms in total. The van der Waals surface area contributed by atoms with Gasteiger partial charge in [-0.15, -0.1) is 0 Å². The smallest absolute Gasteiger partial charge is 0.417 e. The van der Waals surface area contributed by atoms with Gasteiger partial charge in [-0.25, -0.2) is 9.69 Å². The van der Waals surface area contributed by atoms with Crippen LogP contribution in [-0.2, 0) is 22.1 Å². The number of hydrogen-bond donors (Lipinski definition) is 0. The number of halogens is 3. The minimum Gasteiger partial charge on any atom is -0.439 e. The first-order valence-corrected chi connectivity index (χ1v) is 10.3. The number of nitrogens with zero attached hydrogens (tertiary/aromatic N) is 1. The Morgan fingerprint density at radius 1 is 1.06 bits per heavy atom. The van der Waals surface area contributed by atoms with Crippen LogP contribution in [0.4, 0.5) is 18.0 Å². The second-order valence-corrected chi connectivity index (χ2v) is 8.08. The predicted octanol–water partition coefficient (Wildman–Crippen LogP) is 6.21. The van der Waals surface area contributed by atoms with Gasteiger partial charge in [-0.05, 0) is 54.3 Å². The van der Waals surface area contributed by atoms with E-state index in [4.69, 9.17) is 4.74 Å². The zero-order chi connectivity index (χ0) is 23.0. The monoisotopic (exact) mass is 441 g/mol. The van der Waals surface area contributed by atoms with Gasteiger partial charge in [-0.2, -0.15) is 13.2 Å². The number of aryl methyl sites for hydroxylation is 2. The molecule has 1 saturated heterocycles. The molecule has 1 aliphatic rings. The Morgan fingerprint density at radius 3 is 2.53 bits per heavy atom. The third-order valence-electron chi connectivity index (χ3n) is 5.78. The fraction of sp³-hybridized carbons (Fsp3) is 0.280. The molecule has 0 unspecified atom stereocenters. The summed E-state index contributed by atoms with van der Waals surface area (Å²) in [7, 11) is 0. The summed E-state index contributed by atoms with van der Waals surface area (Å²) >= 11 is 0. The van der Waals surface area contributed by atoms with Crippen molar-refractivity contribution in [2.24, 2.45) is 0 Å². The predicted molar refractivity (Wildman–Crippen MR) is 114 cm³/mol. The summed E-state index contributed by atoms with van der Waals surface area (Å²) in [5, 5.41) is 2.10. The molecule has 0 spiro atoms. The van der Waals surface area contributed by atoms with Gasteiger partial charge in [0.25, 0.3) is 0 Å². The van der Waals surface area contributed by atoms with Crippen LogP contribution in [-0.4, -0.2) is 22.9 Å². The van der Waals surface area contributed by atoms with Crippen LogP contribution < -0.4 is 0 Å². The molecule has 0 radical (unpaired) electrons. The number of ether oxygens (including phenoxy) is 1. The first-order chi connectivity index (χ1) is 15.1. The fourth-order valence-corrected chi connectivity index (χ4v) is 4.25. The highest BCUT2D eigenvalue weighted by molar-refractivity contribution is 5.94. The maximum absolute atomic E-state index is 13.2. The second-order valence-electron chi connectivity index (χ2n) is 8.08. The molecule has 7 heteroatoms. The largest absolute Gasteiger partial charge is 0.439 e. The third-order valence-corrected chi connectivity index (χ3v) is 5.78. The van der Waals surface area contributed by atoms with Gasteiger partial charge in [0.1, 0.15) is 6.10 Å². The highest BCUT2D eigenvalue weighted by Crippen LogP contribution is 2.37. The number of imide groups is 1. The lowest BCUT2D eigenvalue weighted by atomic mass is 9.97. The lowest BCUT2D eigenvalue weighted by Gasteiger charge is -2.20. The molecule has 2 atom stereocenters. The maximum Gasteiger partial charge on any atom is 0.417 e. The summed E-state index contributed by atoms with van der Waals surface area (Å²) in [6, 6.07) is 16.5. The number of carbonyl (C=O) groups is 2. The lowest BCUT2D eigenvalue weighted by molar-refractivity contribution is -0.137. The first kappa shape index (κ1) is 21.9. The molecule has 0 bridgehead atoms. The van der Waals surface area contributed by atoms with Crippen molar-refractivity contribution >= 4 is 22.8 Å². The van der Waals surface area contributed by atoms with Gasteiger partial charge in [0.05, 0.1) is 11.6 Å². The summed E-state index contributed by atoms with van der Waals surface area (Å²) < 4.78 is 45.0. The van der Waals surface area contributed by atoms with Gasteiger partial charge in [0.2, 0.25) is 5.91 Å². The summed E-state index contributed by atoms with van der Waals surface area (Å²) in [6.07, 6.45) is -5.78. The van der Waals surface area contributed by atoms with Gasteiger partial charge in [-0.3, -0.25) is 4.79 Å². The van der Waals surface area contributed by atoms with Crippen LogP contribution in [0.25, 0.3) is 10.8 Å². The Kier molecular flexibility index (Phi) is 5.67. The number of carbonyl (C=O) groups excluding carboxylic acids is 2. The van der Waals surface area contributed by atoms with E-state index < -0.39 is 35.9 Å². The van der Waals surface area contributed by atoms with Crippen molar-refractivity contribution in [1.82, 2.24) is 4.90 Å². The fourth-order valence-electron chi connectivity index (χ4n) is 4.25. The van der Waals surface area contributed by atoms with Crippen LogP contribution in [0.1, 0.15) is 41.7 Å². The highest BCUT2D eigenvalue weighted by atomic mass is 19.4. The normalized spacial score (nSPS) is 18.8. The average molecular weight is 441 g/mol. The number of cyclic esters (lactones) is 1. The molecule has 0 aromatic heterocycles. The van der Waals surface area contributed by atoms with Gasteiger partial charge < -0.3 is 4.74 Å². The molecule has 0 saturated carbocycles. The van der Waals surface area contributed by atoms with Crippen molar-refractivity contribution in [2.75, 3.05) is 0 Å². The molecule has 1 aliphatic heterocycles. The Balaban J connectivity index is 1.52. The molecule has 2 amide bonds. The Labute approximate surface area is 183 Å². The number of benzene rings is 3. The maximum atomic E-state index is 13.2. The van der Waals surface area contributed by atoms with E-state index in [-0.39, 0.29) is 12.0 Å². The van der Waals surface area contributed by atoms with Crippen LogP contribution in [0.15, 0.2) is 60.7 Å². The van der Waals surface area contributed by atoms with E-state index in [1.165, 1.54) is 0 Å². The van der Waals surface area contributed by atoms with Gasteiger partial charge in [0.15, 0.2) is 0 Å². The Morgan fingerprint density at radius 2 is 1.78 bits per heavy atom. The van der Waals surface area contributed by atoms with Crippen molar-refractivity contribution in [1.29, 1.82) is 0 Å². The summed E-state index contributed by atoms with van der Waals surface area (Å²) in [5.74, 6) is -0.415. The molecular weight excluding hydrogens is 419 g/mol. The van der Waals surface area contributed by atoms with Crippen LogP contribution in [0.3, 0.4) is 0 Å². The van der Waals surface area contributed by atoms with Crippen molar-refractivity contribution < 1.29 is 27.5 Å². The molecule has 4 rings (SSSR count). The third kappa shape index (κ3) is 4.20. The molecule has 166 valence electrons. The molecule has 3 aromatic rings. The zero-order valence-electron chi connectivity index (χ0n) is 17.6. The van der Waals surface area contributed by atoms with E-state index in [0.717, 1.165) is 33.4 Å². The molecule has 3 aromatic carbocycles. The van der Waals surface area contributed by atoms with Gasteiger partial charge in [0, 0.05) is 6.42 Å². The van der Waals surface area contributed by atoms with Crippen molar-refractivity contribution in [3.63, 3.8) is 0 Å². The van der Waals surface area contributed by atoms with Crippen molar-refractivity contribution in [2.45, 2.75) is 45.0 Å². The molecule has 1 fully saturated rings. The molecular formula is C25H22F3NO3. The summed E-state index contributed by atoms with van der Waals surface area (Å²) in [4.78, 5) is 26.4.